The number of likely N-dealkylation sites (tertiary alicyclic amines) is 1. The molecular formula is C35H40FN7O3. The normalized spacial score (nSPS) is 22.4. The number of carbonyl (C=O) groups is 1. The van der Waals surface area contributed by atoms with Crippen molar-refractivity contribution in [2.45, 2.75) is 50.2 Å². The summed E-state index contributed by atoms with van der Waals surface area (Å²) in [5, 5.41) is 12.0. The highest BCUT2D eigenvalue weighted by Gasteiger charge is 2.50. The van der Waals surface area contributed by atoms with Gasteiger partial charge < -0.3 is 29.1 Å². The second-order valence-electron chi connectivity index (χ2n) is 13.2. The van der Waals surface area contributed by atoms with E-state index >= 15 is 0 Å². The van der Waals surface area contributed by atoms with Crippen LogP contribution < -0.4 is 14.5 Å². The Morgan fingerprint density at radius 2 is 1.96 bits per heavy atom. The predicted molar refractivity (Wildman–Crippen MR) is 174 cm³/mol. The standard InChI is InChI=1S/C35H40FN7O3/c1-23-7-4-8-25-9-5-11-29(30(23)25)42-18-28-31(35(20-42)21-45-22-35)32(39-34(38-28)46-19-27-10-6-14-40(27)3)41-15-16-43(33(44)24(2)36)26(17-41)12-13-37/h4-5,7-9,11,26-27H,2,6,10,12,14-22H2,1,3H3/t26-,27-/m0/s1. The van der Waals surface area contributed by atoms with Crippen LogP contribution in [0.1, 0.15) is 36.1 Å². The van der Waals surface area contributed by atoms with Crippen molar-refractivity contribution in [2.75, 3.05) is 69.4 Å². The Hall–Kier alpha value is -4.27. The van der Waals surface area contributed by atoms with Gasteiger partial charge in [-0.05, 0) is 50.4 Å². The second-order valence-corrected chi connectivity index (χ2v) is 13.2. The number of aryl methyl sites for hydroxylation is 1. The molecule has 5 heterocycles. The van der Waals surface area contributed by atoms with Gasteiger partial charge in [-0.2, -0.15) is 15.2 Å². The molecule has 4 aliphatic rings. The number of hydrogen-bond acceptors (Lipinski definition) is 9. The van der Waals surface area contributed by atoms with Gasteiger partial charge in [-0.25, -0.2) is 4.39 Å². The first-order valence-corrected chi connectivity index (χ1v) is 16.1. The molecule has 0 unspecified atom stereocenters. The highest BCUT2D eigenvalue weighted by molar-refractivity contribution is 5.97. The summed E-state index contributed by atoms with van der Waals surface area (Å²) in [6, 6.07) is 15.1. The van der Waals surface area contributed by atoms with E-state index in [2.05, 4.69) is 77.7 Å². The summed E-state index contributed by atoms with van der Waals surface area (Å²) in [4.78, 5) is 31.1. The average Bonchev–Trinajstić information content (AvgIpc) is 3.46. The van der Waals surface area contributed by atoms with Crippen molar-refractivity contribution < 1.29 is 18.7 Å². The van der Waals surface area contributed by atoms with Crippen LogP contribution in [-0.4, -0.2) is 97.4 Å². The number of anilines is 2. The first kappa shape index (κ1) is 30.4. The van der Waals surface area contributed by atoms with Gasteiger partial charge in [-0.3, -0.25) is 4.79 Å². The SMILES string of the molecule is C=C(F)C(=O)N1CCN(c2nc(OC[C@@H]3CCCN3C)nc3c2C2(COC2)CN(c2cccc4cccc(C)c24)C3)C[C@@H]1CC#N. The number of likely N-dealkylation sites (N-methyl/N-ethyl adjacent to an activating group) is 1. The van der Waals surface area contributed by atoms with Crippen LogP contribution in [0.5, 0.6) is 6.01 Å². The van der Waals surface area contributed by atoms with Gasteiger partial charge in [0.1, 0.15) is 12.4 Å². The molecule has 7 rings (SSSR count). The molecule has 3 aromatic rings. The Kier molecular flexibility index (Phi) is 8.03. The molecule has 10 nitrogen and oxygen atoms in total. The Morgan fingerprint density at radius 1 is 1.15 bits per heavy atom. The molecule has 0 radical (unpaired) electrons. The number of benzene rings is 2. The van der Waals surface area contributed by atoms with Crippen LogP contribution in [0, 0.1) is 18.3 Å². The van der Waals surface area contributed by atoms with Crippen LogP contribution in [0.15, 0.2) is 48.8 Å². The van der Waals surface area contributed by atoms with Crippen molar-refractivity contribution in [1.82, 2.24) is 19.8 Å². The van der Waals surface area contributed by atoms with E-state index in [9.17, 15) is 14.4 Å². The van der Waals surface area contributed by atoms with Gasteiger partial charge in [0.05, 0.1) is 49.4 Å². The Balaban J connectivity index is 1.30. The number of nitriles is 1. The summed E-state index contributed by atoms with van der Waals surface area (Å²) in [7, 11) is 2.12. The number of fused-ring (bicyclic) bond motifs is 3. The predicted octanol–water partition coefficient (Wildman–Crippen LogP) is 4.11. The lowest BCUT2D eigenvalue weighted by atomic mass is 9.74. The van der Waals surface area contributed by atoms with Gasteiger partial charge in [0.2, 0.25) is 0 Å². The van der Waals surface area contributed by atoms with Gasteiger partial charge in [0.25, 0.3) is 5.91 Å². The number of amides is 1. The molecule has 3 fully saturated rings. The first-order chi connectivity index (χ1) is 22.3. The molecule has 0 aliphatic carbocycles. The van der Waals surface area contributed by atoms with Gasteiger partial charge in [-0.15, -0.1) is 0 Å². The number of halogens is 1. The second kappa shape index (κ2) is 12.2. The van der Waals surface area contributed by atoms with E-state index in [0.717, 1.165) is 48.7 Å². The molecular weight excluding hydrogens is 585 g/mol. The third kappa shape index (κ3) is 5.33. The minimum atomic E-state index is -1.02. The maximum Gasteiger partial charge on any atom is 0.318 e. The maximum absolute atomic E-state index is 13.9. The molecule has 0 bridgehead atoms. The highest BCUT2D eigenvalue weighted by Crippen LogP contribution is 2.46. The summed E-state index contributed by atoms with van der Waals surface area (Å²) in [6.45, 7) is 10.3. The van der Waals surface area contributed by atoms with Crippen molar-refractivity contribution >= 4 is 28.2 Å². The number of piperazine rings is 1. The van der Waals surface area contributed by atoms with E-state index in [1.165, 1.54) is 21.2 Å². The largest absolute Gasteiger partial charge is 0.462 e. The zero-order chi connectivity index (χ0) is 32.0. The molecule has 3 saturated heterocycles. The highest BCUT2D eigenvalue weighted by atomic mass is 19.1. The summed E-state index contributed by atoms with van der Waals surface area (Å²) in [6.07, 6.45) is 2.27. The van der Waals surface area contributed by atoms with E-state index in [1.54, 1.807) is 0 Å². The van der Waals surface area contributed by atoms with Crippen molar-refractivity contribution in [3.63, 3.8) is 0 Å². The average molecular weight is 626 g/mol. The van der Waals surface area contributed by atoms with E-state index in [4.69, 9.17) is 19.4 Å². The van der Waals surface area contributed by atoms with E-state index < -0.39 is 17.8 Å². The van der Waals surface area contributed by atoms with Gasteiger partial charge in [0, 0.05) is 48.9 Å². The van der Waals surface area contributed by atoms with Crippen LogP contribution in [-0.2, 0) is 21.5 Å². The topological polar surface area (TPSA) is 98.1 Å². The monoisotopic (exact) mass is 625 g/mol. The third-order valence-electron chi connectivity index (χ3n) is 10.2. The Labute approximate surface area is 269 Å². The van der Waals surface area contributed by atoms with Crippen molar-refractivity contribution in [3.05, 3.63) is 65.6 Å². The lowest BCUT2D eigenvalue weighted by Crippen LogP contribution is -2.60. The molecule has 1 aromatic heterocycles. The fourth-order valence-corrected chi connectivity index (χ4v) is 7.74. The van der Waals surface area contributed by atoms with Crippen LogP contribution in [0.3, 0.4) is 0 Å². The molecule has 11 heteroatoms. The quantitative estimate of drug-likeness (QED) is 0.360. The fraction of sp³-hybridized carbons (Fsp3) is 0.486. The number of carbonyl (C=O) groups excluding carboxylic acids is 1. The van der Waals surface area contributed by atoms with Gasteiger partial charge in [0.15, 0.2) is 5.83 Å². The smallest absolute Gasteiger partial charge is 0.318 e. The zero-order valence-corrected chi connectivity index (χ0v) is 26.5. The van der Waals surface area contributed by atoms with Crippen molar-refractivity contribution in [2.24, 2.45) is 0 Å². The zero-order valence-electron chi connectivity index (χ0n) is 26.5. The van der Waals surface area contributed by atoms with Crippen LogP contribution in [0.4, 0.5) is 15.9 Å². The number of ether oxygens (including phenoxy) is 2. The fourth-order valence-electron chi connectivity index (χ4n) is 7.74. The summed E-state index contributed by atoms with van der Waals surface area (Å²) < 4.78 is 26.2. The summed E-state index contributed by atoms with van der Waals surface area (Å²) in [5.74, 6) is -1.03. The molecule has 46 heavy (non-hydrogen) atoms. The number of hydrogen-bond donors (Lipinski definition) is 0. The molecule has 1 spiro atoms. The molecule has 4 aliphatic heterocycles. The molecule has 2 aromatic carbocycles. The number of nitrogens with zero attached hydrogens (tertiary/aromatic N) is 7. The molecule has 0 saturated carbocycles. The Bertz CT molecular complexity index is 1710. The number of rotatable bonds is 7. The minimum Gasteiger partial charge on any atom is -0.462 e. The van der Waals surface area contributed by atoms with Crippen molar-refractivity contribution in [1.29, 1.82) is 5.26 Å². The summed E-state index contributed by atoms with van der Waals surface area (Å²) >= 11 is 0. The molecule has 240 valence electrons. The lowest BCUT2D eigenvalue weighted by Gasteiger charge is -2.51. The van der Waals surface area contributed by atoms with Crippen LogP contribution >= 0.6 is 0 Å². The van der Waals surface area contributed by atoms with Crippen molar-refractivity contribution in [3.8, 4) is 12.1 Å². The molecule has 0 N–H and O–H groups in total. The summed E-state index contributed by atoms with van der Waals surface area (Å²) in [5.41, 5.74) is 3.98. The van der Waals surface area contributed by atoms with Crippen LogP contribution in [0.25, 0.3) is 10.8 Å². The Morgan fingerprint density at radius 3 is 2.65 bits per heavy atom. The molecule has 2 atom stereocenters. The lowest BCUT2D eigenvalue weighted by molar-refractivity contribution is -0.131. The van der Waals surface area contributed by atoms with Gasteiger partial charge in [-0.1, -0.05) is 36.9 Å². The third-order valence-corrected chi connectivity index (χ3v) is 10.2. The maximum atomic E-state index is 13.9. The van der Waals surface area contributed by atoms with Crippen LogP contribution in [0.2, 0.25) is 0 Å². The number of aromatic nitrogens is 2. The van der Waals surface area contributed by atoms with E-state index in [0.29, 0.717) is 51.5 Å². The molecule has 1 amide bonds. The van der Waals surface area contributed by atoms with E-state index in [-0.39, 0.29) is 18.4 Å². The minimum absolute atomic E-state index is 0.0721. The first-order valence-electron chi connectivity index (χ1n) is 16.1. The van der Waals surface area contributed by atoms with E-state index in [1.807, 2.05) is 0 Å². The van der Waals surface area contributed by atoms with Gasteiger partial charge >= 0.3 is 6.01 Å².